The highest BCUT2D eigenvalue weighted by Crippen LogP contribution is 1.94. The van der Waals surface area contributed by atoms with Crippen molar-refractivity contribution in [2.24, 2.45) is 4.99 Å². The summed E-state index contributed by atoms with van der Waals surface area (Å²) in [6, 6.07) is 0. The van der Waals surface area contributed by atoms with Crippen LogP contribution in [0.25, 0.3) is 0 Å². The van der Waals surface area contributed by atoms with Gasteiger partial charge in [-0.05, 0) is 19.9 Å². The molecule has 0 aromatic heterocycles. The molecule has 0 aliphatic heterocycles. The molecule has 0 N–H and O–H groups in total. The van der Waals surface area contributed by atoms with E-state index in [1.165, 1.54) is 5.57 Å². The number of rotatable bonds is 4. The molecule has 0 saturated carbocycles. The Balaban J connectivity index is 4.09. The van der Waals surface area contributed by atoms with Crippen molar-refractivity contribution in [3.8, 4) is 0 Å². The van der Waals surface area contributed by atoms with Crippen LogP contribution in [-0.4, -0.2) is 12.8 Å². The van der Waals surface area contributed by atoms with Gasteiger partial charge in [0.05, 0.1) is 0 Å². The molecule has 0 fully saturated rings. The van der Waals surface area contributed by atoms with Gasteiger partial charge in [-0.2, -0.15) is 0 Å². The van der Waals surface area contributed by atoms with Crippen molar-refractivity contribution in [2.75, 3.05) is 7.05 Å². The van der Waals surface area contributed by atoms with Gasteiger partial charge in [0, 0.05) is 12.8 Å². The first-order valence-corrected chi connectivity index (χ1v) is 4.28. The Morgan fingerprint density at radius 3 is 2.31 bits per heavy atom. The zero-order chi connectivity index (χ0) is 10.1. The molecule has 0 atom stereocenters. The summed E-state index contributed by atoms with van der Waals surface area (Å²) >= 11 is 0. The van der Waals surface area contributed by atoms with E-state index in [-0.39, 0.29) is 0 Å². The molecule has 0 spiro atoms. The van der Waals surface area contributed by atoms with E-state index in [4.69, 9.17) is 0 Å². The van der Waals surface area contributed by atoms with Crippen molar-refractivity contribution in [2.45, 2.75) is 13.8 Å². The normalized spacial score (nSPS) is 14.4. The third kappa shape index (κ3) is 7.01. The summed E-state index contributed by atoms with van der Waals surface area (Å²) in [5, 5.41) is 0. The fourth-order valence-corrected chi connectivity index (χ4v) is 0.718. The van der Waals surface area contributed by atoms with Crippen molar-refractivity contribution in [3.63, 3.8) is 0 Å². The smallest absolute Gasteiger partial charge is 0.0313 e. The van der Waals surface area contributed by atoms with Crippen LogP contribution in [0.15, 0.2) is 53.6 Å². The standard InChI is InChI=1S/C12H17N/c1-5-8-11(2)9-6-7-10-12(3)13-4/h5-10H,1H2,2-4H3/b9-6-,10-7-,11-8+,13-12?. The Hall–Kier alpha value is -1.37. The van der Waals surface area contributed by atoms with Gasteiger partial charge in [0.15, 0.2) is 0 Å². The van der Waals surface area contributed by atoms with Gasteiger partial charge < -0.3 is 0 Å². The Bertz CT molecular complexity index is 265. The fourth-order valence-electron chi connectivity index (χ4n) is 0.718. The number of nitrogens with zero attached hydrogens (tertiary/aromatic N) is 1. The van der Waals surface area contributed by atoms with Gasteiger partial charge in [0.25, 0.3) is 0 Å². The van der Waals surface area contributed by atoms with Gasteiger partial charge in [-0.15, -0.1) is 0 Å². The van der Waals surface area contributed by atoms with Gasteiger partial charge >= 0.3 is 0 Å². The quantitative estimate of drug-likeness (QED) is 0.459. The maximum atomic E-state index is 4.01. The SMILES string of the molecule is C=C/C=C(C)/C=C\C=C/C(C)=NC. The van der Waals surface area contributed by atoms with E-state index in [1.807, 2.05) is 44.2 Å². The minimum atomic E-state index is 1.02. The summed E-state index contributed by atoms with van der Waals surface area (Å²) in [6.45, 7) is 7.63. The lowest BCUT2D eigenvalue weighted by atomic mass is 10.2. The molecule has 0 bridgehead atoms. The van der Waals surface area contributed by atoms with Gasteiger partial charge in [-0.25, -0.2) is 0 Å². The largest absolute Gasteiger partial charge is 0.293 e. The number of allylic oxidation sites excluding steroid dienone is 7. The van der Waals surface area contributed by atoms with E-state index in [0.717, 1.165) is 5.71 Å². The van der Waals surface area contributed by atoms with Gasteiger partial charge in [0.2, 0.25) is 0 Å². The van der Waals surface area contributed by atoms with Crippen molar-refractivity contribution >= 4 is 5.71 Å². The molecule has 0 aliphatic rings. The molecule has 0 heterocycles. The van der Waals surface area contributed by atoms with E-state index < -0.39 is 0 Å². The molecule has 0 aliphatic carbocycles. The first-order chi connectivity index (χ1) is 6.20. The molecule has 0 saturated heterocycles. The monoisotopic (exact) mass is 175 g/mol. The van der Waals surface area contributed by atoms with Crippen LogP contribution in [0.2, 0.25) is 0 Å². The lowest BCUT2D eigenvalue weighted by Gasteiger charge is -1.86. The molecule has 0 rings (SSSR count). The summed E-state index contributed by atoms with van der Waals surface area (Å²) in [5.74, 6) is 0. The number of hydrogen-bond acceptors (Lipinski definition) is 1. The van der Waals surface area contributed by atoms with Gasteiger partial charge in [0.1, 0.15) is 0 Å². The van der Waals surface area contributed by atoms with Crippen LogP contribution in [0.5, 0.6) is 0 Å². The first kappa shape index (κ1) is 11.6. The minimum Gasteiger partial charge on any atom is -0.293 e. The second-order valence-corrected chi connectivity index (χ2v) is 2.73. The molecule has 1 nitrogen and oxygen atoms in total. The van der Waals surface area contributed by atoms with Crippen molar-refractivity contribution in [3.05, 3.63) is 48.6 Å². The lowest BCUT2D eigenvalue weighted by molar-refractivity contribution is 1.43. The van der Waals surface area contributed by atoms with Crippen LogP contribution in [0.1, 0.15) is 13.8 Å². The molecule has 0 radical (unpaired) electrons. The second kappa shape index (κ2) is 7.29. The topological polar surface area (TPSA) is 12.4 Å². The average Bonchev–Trinajstić information content (AvgIpc) is 2.12. The summed E-state index contributed by atoms with van der Waals surface area (Å²) in [6.07, 6.45) is 11.7. The van der Waals surface area contributed by atoms with E-state index >= 15 is 0 Å². The predicted octanol–water partition coefficient (Wildman–Crippen LogP) is 3.32. The fraction of sp³-hybridized carbons (Fsp3) is 0.250. The van der Waals surface area contributed by atoms with Crippen LogP contribution >= 0.6 is 0 Å². The predicted molar refractivity (Wildman–Crippen MR) is 61.3 cm³/mol. The maximum Gasteiger partial charge on any atom is 0.0313 e. The molecule has 70 valence electrons. The second-order valence-electron chi connectivity index (χ2n) is 2.73. The van der Waals surface area contributed by atoms with Crippen LogP contribution in [0, 0.1) is 0 Å². The Morgan fingerprint density at radius 1 is 1.15 bits per heavy atom. The molecule has 0 amide bonds. The Labute approximate surface area is 80.9 Å². The average molecular weight is 175 g/mol. The highest BCUT2D eigenvalue weighted by molar-refractivity contribution is 5.92. The third-order valence-electron chi connectivity index (χ3n) is 1.54. The van der Waals surface area contributed by atoms with E-state index in [0.29, 0.717) is 0 Å². The molecule has 0 aromatic rings. The molecular formula is C12H17N. The number of aliphatic imine (C=N–C) groups is 1. The van der Waals surface area contributed by atoms with Gasteiger partial charge in [-0.3, -0.25) is 4.99 Å². The van der Waals surface area contributed by atoms with Crippen molar-refractivity contribution in [1.82, 2.24) is 0 Å². The third-order valence-corrected chi connectivity index (χ3v) is 1.54. The zero-order valence-electron chi connectivity index (χ0n) is 8.62. The van der Waals surface area contributed by atoms with Crippen LogP contribution in [0.4, 0.5) is 0 Å². The van der Waals surface area contributed by atoms with Crippen molar-refractivity contribution in [1.29, 1.82) is 0 Å². The Kier molecular flexibility index (Phi) is 6.52. The summed E-state index contributed by atoms with van der Waals surface area (Å²) < 4.78 is 0. The number of hydrogen-bond donors (Lipinski definition) is 0. The summed E-state index contributed by atoms with van der Waals surface area (Å²) in [4.78, 5) is 4.01. The molecule has 13 heavy (non-hydrogen) atoms. The van der Waals surface area contributed by atoms with Crippen LogP contribution < -0.4 is 0 Å². The van der Waals surface area contributed by atoms with Crippen LogP contribution in [-0.2, 0) is 0 Å². The van der Waals surface area contributed by atoms with Crippen LogP contribution in [0.3, 0.4) is 0 Å². The molecule has 0 aromatic carbocycles. The lowest BCUT2D eigenvalue weighted by Crippen LogP contribution is -1.80. The highest BCUT2D eigenvalue weighted by Gasteiger charge is 1.77. The first-order valence-electron chi connectivity index (χ1n) is 4.28. The van der Waals surface area contributed by atoms with E-state index in [1.54, 1.807) is 13.1 Å². The molecular weight excluding hydrogens is 158 g/mol. The zero-order valence-corrected chi connectivity index (χ0v) is 8.62. The van der Waals surface area contributed by atoms with Crippen molar-refractivity contribution < 1.29 is 0 Å². The van der Waals surface area contributed by atoms with E-state index in [2.05, 4.69) is 11.6 Å². The molecule has 1 heteroatoms. The van der Waals surface area contributed by atoms with Gasteiger partial charge in [-0.1, -0.05) is 42.5 Å². The summed E-state index contributed by atoms with van der Waals surface area (Å²) in [7, 11) is 1.78. The Morgan fingerprint density at radius 2 is 1.77 bits per heavy atom. The summed E-state index contributed by atoms with van der Waals surface area (Å²) in [5.41, 5.74) is 2.21. The van der Waals surface area contributed by atoms with E-state index in [9.17, 15) is 0 Å². The minimum absolute atomic E-state index is 1.02. The highest BCUT2D eigenvalue weighted by atomic mass is 14.7. The maximum absolute atomic E-state index is 4.01. The molecule has 0 unspecified atom stereocenters.